The highest BCUT2D eigenvalue weighted by molar-refractivity contribution is 5.72. The van der Waals surface area contributed by atoms with Gasteiger partial charge >= 0.3 is 6.18 Å². The molecule has 0 saturated heterocycles. The highest BCUT2D eigenvalue weighted by Crippen LogP contribution is 2.49. The summed E-state index contributed by atoms with van der Waals surface area (Å²) in [5.74, 6) is 3.19. The first-order valence-electron chi connectivity index (χ1n) is 8.11. The van der Waals surface area contributed by atoms with Crippen LogP contribution in [0.4, 0.5) is 19.0 Å². The second-order valence-corrected chi connectivity index (χ2v) is 6.47. The van der Waals surface area contributed by atoms with E-state index in [0.717, 1.165) is 12.1 Å². The molecule has 2 aliphatic rings. The predicted molar refractivity (Wildman–Crippen MR) is 87.1 cm³/mol. The Kier molecular flexibility index (Phi) is 4.47. The third-order valence-electron chi connectivity index (χ3n) is 4.95. The predicted octanol–water partition coefficient (Wildman–Crippen LogP) is 4.86. The van der Waals surface area contributed by atoms with E-state index in [2.05, 4.69) is 9.97 Å². The number of aromatic nitrogens is 2. The van der Waals surface area contributed by atoms with E-state index in [4.69, 9.17) is 5.73 Å². The summed E-state index contributed by atoms with van der Waals surface area (Å²) in [5.41, 5.74) is 6.09. The molecule has 3 nitrogen and oxygen atoms in total. The lowest BCUT2D eigenvalue weighted by molar-refractivity contribution is -0.137. The van der Waals surface area contributed by atoms with Crippen LogP contribution in [0.25, 0.3) is 11.1 Å². The number of anilines is 1. The molecule has 0 atom stereocenters. The summed E-state index contributed by atoms with van der Waals surface area (Å²) in [6, 6.07) is 4.73. The summed E-state index contributed by atoms with van der Waals surface area (Å²) < 4.78 is 37.2. The fraction of sp³-hybridized carbons (Fsp3) is 0.444. The first kappa shape index (κ1) is 16.7. The van der Waals surface area contributed by atoms with Crippen LogP contribution in [-0.4, -0.2) is 9.97 Å². The van der Waals surface area contributed by atoms with Crippen molar-refractivity contribution in [1.82, 2.24) is 9.97 Å². The Morgan fingerprint density at radius 2 is 1.54 bits per heavy atom. The largest absolute Gasteiger partial charge is 0.416 e. The number of nitrogens with two attached hydrogens (primary N) is 1. The zero-order valence-corrected chi connectivity index (χ0v) is 13.5. The Balaban J connectivity index is 0.000000231. The standard InChI is InChI=1S/C12H10F3N3.C6H10/c1-7-17-6-10(11(16)18-7)8-2-4-9(5-3-8)12(13,14)15;1-2-6-4-3-5(1)6/h2-6H,1H3,(H2,16,17,18);5-6H,1-4H2. The van der Waals surface area contributed by atoms with E-state index in [-0.39, 0.29) is 5.82 Å². The minimum Gasteiger partial charge on any atom is -0.383 e. The van der Waals surface area contributed by atoms with Crippen LogP contribution in [0.2, 0.25) is 0 Å². The second kappa shape index (κ2) is 6.42. The van der Waals surface area contributed by atoms with E-state index in [1.54, 1.807) is 32.6 Å². The van der Waals surface area contributed by atoms with Crippen molar-refractivity contribution in [1.29, 1.82) is 0 Å². The molecule has 2 fully saturated rings. The Labute approximate surface area is 139 Å². The number of fused-ring (bicyclic) bond motifs is 1. The summed E-state index contributed by atoms with van der Waals surface area (Å²) in [4.78, 5) is 7.94. The number of nitrogens with zero attached hydrogens (tertiary/aromatic N) is 2. The van der Waals surface area contributed by atoms with E-state index < -0.39 is 11.7 Å². The first-order chi connectivity index (χ1) is 11.3. The molecule has 0 radical (unpaired) electrons. The lowest BCUT2D eigenvalue weighted by atomic mass is 9.60. The third-order valence-corrected chi connectivity index (χ3v) is 4.95. The molecule has 0 unspecified atom stereocenters. The number of alkyl halides is 3. The van der Waals surface area contributed by atoms with Crippen LogP contribution < -0.4 is 5.73 Å². The van der Waals surface area contributed by atoms with Crippen LogP contribution in [0.1, 0.15) is 37.1 Å². The molecule has 2 aromatic rings. The van der Waals surface area contributed by atoms with Crippen LogP contribution in [0, 0.1) is 18.8 Å². The van der Waals surface area contributed by atoms with Gasteiger partial charge in [-0.2, -0.15) is 13.2 Å². The van der Waals surface area contributed by atoms with Crippen LogP contribution in [0.15, 0.2) is 30.5 Å². The molecule has 2 saturated carbocycles. The van der Waals surface area contributed by atoms with E-state index in [1.165, 1.54) is 30.2 Å². The molecule has 0 bridgehead atoms. The van der Waals surface area contributed by atoms with Crippen molar-refractivity contribution >= 4 is 5.82 Å². The third kappa shape index (κ3) is 3.52. The van der Waals surface area contributed by atoms with E-state index in [1.807, 2.05) is 0 Å². The van der Waals surface area contributed by atoms with Gasteiger partial charge < -0.3 is 5.73 Å². The summed E-state index contributed by atoms with van der Waals surface area (Å²) in [5, 5.41) is 0. The molecule has 2 N–H and O–H groups in total. The molecule has 2 aliphatic carbocycles. The topological polar surface area (TPSA) is 51.8 Å². The molecule has 1 heterocycles. The monoisotopic (exact) mass is 335 g/mol. The van der Waals surface area contributed by atoms with E-state index >= 15 is 0 Å². The molecule has 0 aliphatic heterocycles. The zero-order chi connectivity index (χ0) is 17.3. The van der Waals surface area contributed by atoms with Gasteiger partial charge in [0.15, 0.2) is 0 Å². The highest BCUT2D eigenvalue weighted by atomic mass is 19.4. The maximum atomic E-state index is 12.4. The molecule has 24 heavy (non-hydrogen) atoms. The number of rotatable bonds is 1. The molecule has 6 heteroatoms. The zero-order valence-electron chi connectivity index (χ0n) is 13.5. The van der Waals surface area contributed by atoms with E-state index in [0.29, 0.717) is 17.0 Å². The average molecular weight is 335 g/mol. The molecular formula is C18H20F3N3. The van der Waals surface area contributed by atoms with Gasteiger partial charge in [0.05, 0.1) is 5.56 Å². The van der Waals surface area contributed by atoms with Gasteiger partial charge in [-0.1, -0.05) is 12.1 Å². The minimum atomic E-state index is -4.34. The van der Waals surface area contributed by atoms with Gasteiger partial charge in [-0.05, 0) is 62.1 Å². The van der Waals surface area contributed by atoms with Crippen molar-refractivity contribution in [2.45, 2.75) is 38.8 Å². The highest BCUT2D eigenvalue weighted by Gasteiger charge is 2.37. The normalized spacial score (nSPS) is 21.7. The van der Waals surface area contributed by atoms with Crippen LogP contribution in [0.3, 0.4) is 0 Å². The number of nitrogen functional groups attached to an aromatic ring is 1. The van der Waals surface area contributed by atoms with Crippen LogP contribution in [-0.2, 0) is 6.18 Å². The van der Waals surface area contributed by atoms with Crippen LogP contribution in [0.5, 0.6) is 0 Å². The first-order valence-corrected chi connectivity index (χ1v) is 8.11. The Bertz CT molecular complexity index is 692. The number of benzene rings is 1. The minimum absolute atomic E-state index is 0.252. The van der Waals surface area contributed by atoms with E-state index in [9.17, 15) is 13.2 Å². The van der Waals surface area contributed by atoms with Crippen LogP contribution >= 0.6 is 0 Å². The molecule has 0 amide bonds. The fourth-order valence-electron chi connectivity index (χ4n) is 3.11. The Morgan fingerprint density at radius 3 is 1.92 bits per heavy atom. The van der Waals surface area contributed by atoms with Gasteiger partial charge in [-0.25, -0.2) is 9.97 Å². The molecular weight excluding hydrogens is 315 g/mol. The summed E-state index contributed by atoms with van der Waals surface area (Å²) in [6.07, 6.45) is 3.40. The van der Waals surface area contributed by atoms with Gasteiger partial charge in [-0.3, -0.25) is 0 Å². The van der Waals surface area contributed by atoms with Gasteiger partial charge in [0.25, 0.3) is 0 Å². The maximum Gasteiger partial charge on any atom is 0.416 e. The molecule has 0 spiro atoms. The molecule has 1 aromatic carbocycles. The van der Waals surface area contributed by atoms with Crippen molar-refractivity contribution in [3.05, 3.63) is 41.9 Å². The number of halogens is 3. The van der Waals surface area contributed by atoms with Crippen molar-refractivity contribution < 1.29 is 13.2 Å². The molecule has 4 rings (SSSR count). The van der Waals surface area contributed by atoms with Gasteiger partial charge in [-0.15, -0.1) is 0 Å². The van der Waals surface area contributed by atoms with Crippen molar-refractivity contribution in [3.63, 3.8) is 0 Å². The summed E-state index contributed by atoms with van der Waals surface area (Å²) in [6.45, 7) is 1.69. The second-order valence-electron chi connectivity index (χ2n) is 6.47. The van der Waals surface area contributed by atoms with Crippen molar-refractivity contribution in [2.75, 3.05) is 5.73 Å². The quantitative estimate of drug-likeness (QED) is 0.810. The molecule has 128 valence electrons. The number of hydrogen-bond donors (Lipinski definition) is 1. The lowest BCUT2D eigenvalue weighted by Gasteiger charge is -2.46. The number of aryl methyl sites for hydroxylation is 1. The SMILES string of the molecule is C1CC2CCC12.Cc1ncc(-c2ccc(C(F)(F)F)cc2)c(N)n1. The fourth-order valence-corrected chi connectivity index (χ4v) is 3.11. The average Bonchev–Trinajstić information content (AvgIpc) is 2.51. The van der Waals surface area contributed by atoms with Gasteiger partial charge in [0.2, 0.25) is 0 Å². The Hall–Kier alpha value is -2.11. The van der Waals surface area contributed by atoms with Gasteiger partial charge in [0.1, 0.15) is 11.6 Å². The summed E-state index contributed by atoms with van der Waals surface area (Å²) in [7, 11) is 0. The Morgan fingerprint density at radius 1 is 1.00 bits per heavy atom. The van der Waals surface area contributed by atoms with Gasteiger partial charge in [0, 0.05) is 11.8 Å². The summed E-state index contributed by atoms with van der Waals surface area (Å²) >= 11 is 0. The lowest BCUT2D eigenvalue weighted by Crippen LogP contribution is -2.34. The van der Waals surface area contributed by atoms with Crippen molar-refractivity contribution in [3.8, 4) is 11.1 Å². The maximum absolute atomic E-state index is 12.4. The smallest absolute Gasteiger partial charge is 0.383 e. The number of hydrogen-bond acceptors (Lipinski definition) is 3. The molecule has 1 aromatic heterocycles. The van der Waals surface area contributed by atoms with Crippen molar-refractivity contribution in [2.24, 2.45) is 11.8 Å².